The molecule has 0 saturated carbocycles. The normalized spacial score (nSPS) is 11.9. The number of nitrogens with one attached hydrogen (secondary N) is 2. The monoisotopic (exact) mass is 477 g/mol. The molecule has 1 aromatic carbocycles. The van der Waals surface area contributed by atoms with Crippen molar-refractivity contribution in [1.29, 1.82) is 0 Å². The van der Waals surface area contributed by atoms with Crippen LogP contribution < -0.4 is 10.9 Å². The van der Waals surface area contributed by atoms with Gasteiger partial charge < -0.3 is 19.8 Å². The van der Waals surface area contributed by atoms with E-state index in [-0.39, 0.29) is 43.4 Å². The van der Waals surface area contributed by atoms with Gasteiger partial charge in [0, 0.05) is 6.54 Å². The second kappa shape index (κ2) is 9.88. The van der Waals surface area contributed by atoms with Gasteiger partial charge in [0.15, 0.2) is 5.52 Å². The molecule has 0 spiro atoms. The third-order valence-corrected chi connectivity index (χ3v) is 5.14. The third-order valence-electron chi connectivity index (χ3n) is 3.88. The number of hydrogen-bond donors (Lipinski definition) is 4. The number of rotatable bonds is 10. The molecule has 0 bridgehead atoms. The van der Waals surface area contributed by atoms with Crippen LogP contribution >= 0.6 is 31.0 Å². The Kier molecular flexibility index (Phi) is 7.48. The van der Waals surface area contributed by atoms with Gasteiger partial charge in [-0.25, -0.2) is 9.55 Å². The first-order valence-electron chi connectivity index (χ1n) is 8.64. The van der Waals surface area contributed by atoms with Gasteiger partial charge in [0.05, 0.1) is 42.6 Å². The van der Waals surface area contributed by atoms with Crippen LogP contribution in [0.15, 0.2) is 29.2 Å². The van der Waals surface area contributed by atoms with Gasteiger partial charge in [-0.05, 0) is 17.7 Å². The van der Waals surface area contributed by atoms with Crippen LogP contribution in [0.25, 0.3) is 11.0 Å². The van der Waals surface area contributed by atoms with Crippen LogP contribution in [-0.2, 0) is 26.9 Å². The first kappa shape index (κ1) is 22.7. The summed E-state index contributed by atoms with van der Waals surface area (Å²) in [6, 6.07) is 5.21. The maximum atomic E-state index is 12.5. The highest BCUT2D eigenvalue weighted by atomic mass is 35.5. The summed E-state index contributed by atoms with van der Waals surface area (Å²) in [5.74, 6) is 0.281. The highest BCUT2D eigenvalue weighted by Gasteiger charge is 2.13. The Bertz CT molecular complexity index is 1130. The van der Waals surface area contributed by atoms with E-state index in [9.17, 15) is 9.36 Å². The molecule has 11 nitrogen and oxygen atoms in total. The number of aromatic amines is 1. The summed E-state index contributed by atoms with van der Waals surface area (Å²) < 4.78 is 21.5. The van der Waals surface area contributed by atoms with Crippen LogP contribution in [0.4, 0.5) is 5.95 Å². The van der Waals surface area contributed by atoms with Crippen molar-refractivity contribution in [3.05, 3.63) is 50.4 Å². The van der Waals surface area contributed by atoms with E-state index in [0.717, 1.165) is 5.56 Å². The summed E-state index contributed by atoms with van der Waals surface area (Å²) in [4.78, 5) is 36.6. The number of fused-ring (bicyclic) bond motifs is 1. The van der Waals surface area contributed by atoms with Crippen molar-refractivity contribution < 1.29 is 23.6 Å². The number of phosphoric acid groups is 1. The minimum absolute atomic E-state index is 0.0122. The summed E-state index contributed by atoms with van der Waals surface area (Å²) >= 11 is 11.9. The van der Waals surface area contributed by atoms with Crippen molar-refractivity contribution in [2.45, 2.75) is 13.1 Å². The predicted molar refractivity (Wildman–Crippen MR) is 111 cm³/mol. The summed E-state index contributed by atoms with van der Waals surface area (Å²) in [5, 5.41) is 8.05. The van der Waals surface area contributed by atoms with Crippen LogP contribution in [0.2, 0.25) is 10.0 Å². The fourth-order valence-electron chi connectivity index (χ4n) is 2.56. The Balaban J connectivity index is 1.58. The second-order valence-corrected chi connectivity index (χ2v) is 8.11. The zero-order valence-corrected chi connectivity index (χ0v) is 17.8. The Morgan fingerprint density at radius 3 is 2.73 bits per heavy atom. The SMILES string of the molecule is O=c1[nH]c(NCc2ccc(Cl)c(Cl)c2)nc2cnn(CCOCCOP(=O)(O)O)c12. The minimum Gasteiger partial charge on any atom is -0.377 e. The zero-order valence-electron chi connectivity index (χ0n) is 15.4. The van der Waals surface area contributed by atoms with E-state index in [0.29, 0.717) is 22.1 Å². The maximum Gasteiger partial charge on any atom is 0.469 e. The largest absolute Gasteiger partial charge is 0.469 e. The van der Waals surface area contributed by atoms with Crippen LogP contribution in [0, 0.1) is 0 Å². The second-order valence-electron chi connectivity index (χ2n) is 6.05. The van der Waals surface area contributed by atoms with E-state index in [2.05, 4.69) is 24.9 Å². The molecule has 30 heavy (non-hydrogen) atoms. The van der Waals surface area contributed by atoms with Crippen LogP contribution in [0.5, 0.6) is 0 Å². The molecule has 3 aromatic rings. The molecule has 0 amide bonds. The van der Waals surface area contributed by atoms with Gasteiger partial charge in [-0.15, -0.1) is 0 Å². The number of aromatic nitrogens is 4. The average Bonchev–Trinajstić information content (AvgIpc) is 3.08. The van der Waals surface area contributed by atoms with Gasteiger partial charge in [-0.1, -0.05) is 29.3 Å². The topological polar surface area (TPSA) is 152 Å². The Morgan fingerprint density at radius 2 is 2.00 bits per heavy atom. The average molecular weight is 478 g/mol. The van der Waals surface area contributed by atoms with Crippen molar-refractivity contribution in [3.8, 4) is 0 Å². The number of benzene rings is 1. The van der Waals surface area contributed by atoms with Gasteiger partial charge in [0.2, 0.25) is 5.95 Å². The van der Waals surface area contributed by atoms with Gasteiger partial charge in [-0.3, -0.25) is 19.0 Å². The Labute approximate surface area is 180 Å². The number of ether oxygens (including phenoxy) is 1. The van der Waals surface area contributed by atoms with E-state index in [1.54, 1.807) is 18.2 Å². The fraction of sp³-hybridized carbons (Fsp3) is 0.312. The van der Waals surface area contributed by atoms with Crippen molar-refractivity contribution in [3.63, 3.8) is 0 Å². The Morgan fingerprint density at radius 1 is 1.20 bits per heavy atom. The molecule has 0 aliphatic rings. The van der Waals surface area contributed by atoms with E-state index in [1.165, 1.54) is 10.9 Å². The van der Waals surface area contributed by atoms with Crippen LogP contribution in [0.3, 0.4) is 0 Å². The molecule has 14 heteroatoms. The molecule has 162 valence electrons. The standard InChI is InChI=1S/C16H18Cl2N5O6P/c17-11-2-1-10(7-12(11)18)8-19-16-21-13-9-20-23(14(13)15(24)22-16)3-4-28-5-6-29-30(25,26)27/h1-2,7,9H,3-6,8H2,(H2,25,26,27)(H2,19,21,22,24). The molecule has 3 rings (SSSR count). The molecule has 0 unspecified atom stereocenters. The van der Waals surface area contributed by atoms with Gasteiger partial charge >= 0.3 is 7.82 Å². The van der Waals surface area contributed by atoms with Gasteiger partial charge in [-0.2, -0.15) is 5.10 Å². The summed E-state index contributed by atoms with van der Waals surface area (Å²) in [7, 11) is -4.51. The molecule has 0 radical (unpaired) electrons. The predicted octanol–water partition coefficient (Wildman–Crippen LogP) is 2.16. The lowest BCUT2D eigenvalue weighted by molar-refractivity contribution is 0.0801. The lowest BCUT2D eigenvalue weighted by Gasteiger charge is -2.08. The quantitative estimate of drug-likeness (QED) is 0.254. The zero-order chi connectivity index (χ0) is 21.7. The smallest absolute Gasteiger partial charge is 0.377 e. The number of nitrogens with zero attached hydrogens (tertiary/aromatic N) is 3. The molecule has 2 heterocycles. The van der Waals surface area contributed by atoms with E-state index < -0.39 is 7.82 Å². The summed E-state index contributed by atoms with van der Waals surface area (Å²) in [5.41, 5.74) is 1.17. The van der Waals surface area contributed by atoms with E-state index in [1.807, 2.05) is 0 Å². The first-order valence-corrected chi connectivity index (χ1v) is 10.9. The van der Waals surface area contributed by atoms with Crippen LogP contribution in [-0.4, -0.2) is 49.4 Å². The summed E-state index contributed by atoms with van der Waals surface area (Å²) in [6.07, 6.45) is 1.46. The number of phosphoric ester groups is 1. The molecule has 2 aromatic heterocycles. The third kappa shape index (κ3) is 6.26. The number of anilines is 1. The van der Waals surface area contributed by atoms with Crippen molar-refractivity contribution in [1.82, 2.24) is 19.7 Å². The fourth-order valence-corrected chi connectivity index (χ4v) is 3.20. The van der Waals surface area contributed by atoms with Crippen LogP contribution in [0.1, 0.15) is 5.56 Å². The molecule has 0 fully saturated rings. The molecule has 0 saturated heterocycles. The lowest BCUT2D eigenvalue weighted by Crippen LogP contribution is -2.18. The molecule has 4 N–H and O–H groups in total. The Hall–Kier alpha value is -1.98. The molecular formula is C16H18Cl2N5O6P. The highest BCUT2D eigenvalue weighted by Crippen LogP contribution is 2.35. The number of H-pyrrole nitrogens is 1. The van der Waals surface area contributed by atoms with Gasteiger partial charge in [0.25, 0.3) is 5.56 Å². The van der Waals surface area contributed by atoms with Crippen molar-refractivity contribution >= 4 is 48.0 Å². The van der Waals surface area contributed by atoms with E-state index in [4.69, 9.17) is 37.7 Å². The lowest BCUT2D eigenvalue weighted by atomic mass is 10.2. The number of hydrogen-bond acceptors (Lipinski definition) is 7. The van der Waals surface area contributed by atoms with Gasteiger partial charge in [0.1, 0.15) is 5.52 Å². The van der Waals surface area contributed by atoms with E-state index >= 15 is 0 Å². The number of halogens is 2. The minimum atomic E-state index is -4.51. The summed E-state index contributed by atoms with van der Waals surface area (Å²) in [6.45, 7) is 0.532. The molecular weight excluding hydrogens is 460 g/mol. The maximum absolute atomic E-state index is 12.5. The molecule has 0 aliphatic heterocycles. The molecule has 0 aliphatic carbocycles. The first-order chi connectivity index (χ1) is 14.2. The van der Waals surface area contributed by atoms with Crippen molar-refractivity contribution in [2.24, 2.45) is 0 Å². The highest BCUT2D eigenvalue weighted by molar-refractivity contribution is 7.46. The van der Waals surface area contributed by atoms with Crippen molar-refractivity contribution in [2.75, 3.05) is 25.1 Å². The molecule has 0 atom stereocenters.